The molecule has 0 saturated carbocycles. The number of aliphatic hydroxyl groups is 1. The van der Waals surface area contributed by atoms with E-state index in [2.05, 4.69) is 13.8 Å². The Labute approximate surface area is 68.0 Å². The molecule has 0 bridgehead atoms. The van der Waals surface area contributed by atoms with Gasteiger partial charge in [-0.05, 0) is 12.3 Å². The monoisotopic (exact) mass is 162 g/mol. The summed E-state index contributed by atoms with van der Waals surface area (Å²) in [7, 11) is 0. The second kappa shape index (κ2) is 12.3. The maximum Gasteiger partial charge on any atom is 0.0459 e. The lowest BCUT2D eigenvalue weighted by Gasteiger charge is -2.08. The van der Waals surface area contributed by atoms with Crippen LogP contribution in [-0.4, -0.2) is 11.7 Å². The maximum absolute atomic E-state index is 8.75. The Balaban J connectivity index is 0. The van der Waals surface area contributed by atoms with Crippen molar-refractivity contribution in [3.63, 3.8) is 0 Å². The molecule has 0 aromatic rings. The fraction of sp³-hybridized carbons (Fsp3) is 1.00. The molecule has 1 unspecified atom stereocenters. The molecule has 68 valence electrons. The van der Waals surface area contributed by atoms with E-state index in [-0.39, 0.29) is 0 Å². The Morgan fingerprint density at radius 2 is 1.82 bits per heavy atom. The summed E-state index contributed by atoms with van der Waals surface area (Å²) in [5.74, 6) is 0.560. The highest BCUT2D eigenvalue weighted by atomic mass is 16.7. The molecule has 1 atom stereocenters. The first-order valence-electron chi connectivity index (χ1n) is 4.12. The largest absolute Gasteiger partial charge is 0.396 e. The van der Waals surface area contributed by atoms with Gasteiger partial charge in [-0.15, -0.1) is 0 Å². The molecular weight excluding hydrogens is 144 g/mol. The van der Waals surface area contributed by atoms with Crippen LogP contribution in [0.2, 0.25) is 0 Å². The third-order valence-electron chi connectivity index (χ3n) is 1.80. The molecule has 0 radical (unpaired) electrons. The molecule has 11 heavy (non-hydrogen) atoms. The average molecular weight is 162 g/mol. The first-order valence-corrected chi connectivity index (χ1v) is 4.12. The number of rotatable bonds is 5. The summed E-state index contributed by atoms with van der Waals surface area (Å²) in [6, 6.07) is 0. The Hall–Kier alpha value is -0.440. The van der Waals surface area contributed by atoms with Crippen LogP contribution in [0, 0.1) is 15.8 Å². The number of hydrogen-bond acceptors (Lipinski definition) is 3. The van der Waals surface area contributed by atoms with Gasteiger partial charge in [0.2, 0.25) is 0 Å². The molecule has 0 aliphatic rings. The third-order valence-corrected chi connectivity index (χ3v) is 1.80. The number of unbranched alkanes of at least 4 members (excludes halogenated alkanes) is 1. The van der Waals surface area contributed by atoms with Gasteiger partial charge in [-0.2, -0.15) is 0 Å². The van der Waals surface area contributed by atoms with Crippen LogP contribution in [0.5, 0.6) is 0 Å². The molecule has 0 aromatic carbocycles. The van der Waals surface area contributed by atoms with Crippen LogP contribution < -0.4 is 0 Å². The predicted octanol–water partition coefficient (Wildman–Crippen LogP) is 2.26. The fourth-order valence-corrected chi connectivity index (χ4v) is 0.917. The highest BCUT2D eigenvalue weighted by Crippen LogP contribution is 2.10. The quantitative estimate of drug-likeness (QED) is 0.674. The van der Waals surface area contributed by atoms with E-state index < -0.39 is 0 Å². The van der Waals surface area contributed by atoms with E-state index >= 15 is 0 Å². The normalized spacial score (nSPS) is 11.5. The molecule has 3 heteroatoms. The molecular formula is C8H18O3. The minimum absolute atomic E-state index is 0.372. The first kappa shape index (κ1) is 13.2. The van der Waals surface area contributed by atoms with Crippen LogP contribution in [0.4, 0.5) is 0 Å². The van der Waals surface area contributed by atoms with Gasteiger partial charge >= 0.3 is 0 Å². The summed E-state index contributed by atoms with van der Waals surface area (Å²) >= 11 is 0. The van der Waals surface area contributed by atoms with Crippen molar-refractivity contribution >= 4 is 0 Å². The fourth-order valence-electron chi connectivity index (χ4n) is 0.917. The second-order valence-corrected chi connectivity index (χ2v) is 2.60. The van der Waals surface area contributed by atoms with Gasteiger partial charge in [0.1, 0.15) is 0 Å². The molecule has 0 amide bonds. The minimum Gasteiger partial charge on any atom is -0.396 e. The van der Waals surface area contributed by atoms with Crippen LogP contribution in [0.15, 0.2) is 0 Å². The van der Waals surface area contributed by atoms with Gasteiger partial charge in [0.25, 0.3) is 0 Å². The van der Waals surface area contributed by atoms with E-state index in [1.54, 1.807) is 0 Å². The summed E-state index contributed by atoms with van der Waals surface area (Å²) in [6.07, 6.45) is 4.83. The van der Waals surface area contributed by atoms with Crippen LogP contribution >= 0.6 is 0 Å². The van der Waals surface area contributed by atoms with Crippen molar-refractivity contribution in [1.82, 2.24) is 0 Å². The molecule has 0 aliphatic carbocycles. The van der Waals surface area contributed by atoms with Gasteiger partial charge in [-0.25, -0.2) is 0 Å². The van der Waals surface area contributed by atoms with E-state index in [4.69, 9.17) is 15.0 Å². The lowest BCUT2D eigenvalue weighted by molar-refractivity contribution is 0.212. The average Bonchev–Trinajstić information content (AvgIpc) is 2.10. The van der Waals surface area contributed by atoms with E-state index in [1.165, 1.54) is 19.3 Å². The van der Waals surface area contributed by atoms with E-state index in [0.717, 1.165) is 6.42 Å². The maximum atomic E-state index is 8.75. The smallest absolute Gasteiger partial charge is 0.0459 e. The highest BCUT2D eigenvalue weighted by Gasteiger charge is 2.01. The van der Waals surface area contributed by atoms with Gasteiger partial charge < -0.3 is 5.11 Å². The Morgan fingerprint density at radius 3 is 2.09 bits per heavy atom. The second-order valence-electron chi connectivity index (χ2n) is 2.60. The first-order chi connectivity index (χ1) is 5.35. The van der Waals surface area contributed by atoms with Crippen molar-refractivity contribution < 1.29 is 5.11 Å². The molecule has 0 rings (SSSR count). The molecule has 0 saturated heterocycles. The SMILES string of the molecule is CCCCC(CC)CO.O=O. The van der Waals surface area contributed by atoms with E-state index in [0.29, 0.717) is 12.5 Å². The molecule has 0 spiro atoms. The van der Waals surface area contributed by atoms with Gasteiger partial charge in [0.15, 0.2) is 0 Å². The summed E-state index contributed by atoms with van der Waals surface area (Å²) in [6.45, 7) is 4.69. The number of aliphatic hydroxyl groups excluding tert-OH is 1. The van der Waals surface area contributed by atoms with Crippen molar-refractivity contribution in [2.45, 2.75) is 39.5 Å². The minimum atomic E-state index is 0.372. The van der Waals surface area contributed by atoms with Gasteiger partial charge in [0, 0.05) is 16.5 Å². The predicted molar refractivity (Wildman–Crippen MR) is 47.1 cm³/mol. The summed E-state index contributed by atoms with van der Waals surface area (Å²) in [5, 5.41) is 8.75. The van der Waals surface area contributed by atoms with Gasteiger partial charge in [0.05, 0.1) is 0 Å². The lowest BCUT2D eigenvalue weighted by atomic mass is 10.0. The molecule has 0 aliphatic heterocycles. The Kier molecular flexibility index (Phi) is 14.7. The van der Waals surface area contributed by atoms with Crippen molar-refractivity contribution in [3.8, 4) is 0 Å². The van der Waals surface area contributed by atoms with Crippen molar-refractivity contribution in [3.05, 3.63) is 9.93 Å². The van der Waals surface area contributed by atoms with Crippen molar-refractivity contribution in [2.24, 2.45) is 5.92 Å². The van der Waals surface area contributed by atoms with E-state index in [9.17, 15) is 0 Å². The highest BCUT2D eigenvalue weighted by molar-refractivity contribution is 4.53. The van der Waals surface area contributed by atoms with E-state index in [1.807, 2.05) is 0 Å². The molecule has 0 fully saturated rings. The van der Waals surface area contributed by atoms with Crippen molar-refractivity contribution in [1.29, 1.82) is 0 Å². The topological polar surface area (TPSA) is 54.4 Å². The summed E-state index contributed by atoms with van der Waals surface area (Å²) in [4.78, 5) is 14.0. The molecule has 3 nitrogen and oxygen atoms in total. The summed E-state index contributed by atoms with van der Waals surface area (Å²) in [5.41, 5.74) is 0. The van der Waals surface area contributed by atoms with Crippen LogP contribution in [0.3, 0.4) is 0 Å². The third kappa shape index (κ3) is 9.56. The van der Waals surface area contributed by atoms with Crippen LogP contribution in [0.25, 0.3) is 0 Å². The van der Waals surface area contributed by atoms with Gasteiger partial charge in [-0.1, -0.05) is 33.1 Å². The Morgan fingerprint density at radius 1 is 1.27 bits per heavy atom. The lowest BCUT2D eigenvalue weighted by Crippen LogP contribution is -2.03. The van der Waals surface area contributed by atoms with Gasteiger partial charge in [-0.3, -0.25) is 0 Å². The molecule has 1 N–H and O–H groups in total. The Bertz CT molecular complexity index is 62.4. The zero-order valence-corrected chi connectivity index (χ0v) is 7.38. The zero-order valence-electron chi connectivity index (χ0n) is 7.38. The molecule has 0 heterocycles. The van der Waals surface area contributed by atoms with Crippen LogP contribution in [0.1, 0.15) is 39.5 Å². The van der Waals surface area contributed by atoms with Crippen molar-refractivity contribution in [2.75, 3.05) is 6.61 Å². The molecule has 0 aromatic heterocycles. The summed E-state index contributed by atoms with van der Waals surface area (Å²) < 4.78 is 0. The standard InChI is InChI=1S/C8H18O.O2/c1-3-5-6-8(4-2)7-9;1-2/h8-9H,3-7H2,1-2H3;. The number of hydrogen-bond donors (Lipinski definition) is 1. The van der Waals surface area contributed by atoms with Crippen LogP contribution in [-0.2, 0) is 0 Å². The zero-order chi connectivity index (χ0) is 9.11.